The molecule has 0 aromatic rings. The molecule has 1 aliphatic carbocycles. The molecule has 0 spiro atoms. The molecule has 244 valence electrons. The topological polar surface area (TPSA) is 112 Å². The lowest BCUT2D eigenvalue weighted by Gasteiger charge is -2.55. The van der Waals surface area contributed by atoms with Crippen LogP contribution in [0.3, 0.4) is 0 Å². The van der Waals surface area contributed by atoms with Crippen LogP contribution in [0.25, 0.3) is 0 Å². The number of alkyl halides is 4. The molecule has 0 aromatic carbocycles. The molecule has 15 heteroatoms. The van der Waals surface area contributed by atoms with Crippen LogP contribution in [0.15, 0.2) is 0 Å². The molecule has 11 nitrogen and oxygen atoms in total. The lowest BCUT2D eigenvalue weighted by Crippen LogP contribution is -2.79. The van der Waals surface area contributed by atoms with Gasteiger partial charge < -0.3 is 15.5 Å². The largest absolute Gasteiger partial charge is 0.391 e. The van der Waals surface area contributed by atoms with Gasteiger partial charge in [0.2, 0.25) is 11.8 Å². The van der Waals surface area contributed by atoms with Crippen molar-refractivity contribution >= 4 is 29.2 Å². The van der Waals surface area contributed by atoms with Gasteiger partial charge in [0.1, 0.15) is 0 Å². The van der Waals surface area contributed by atoms with Crippen molar-refractivity contribution in [3.8, 4) is 0 Å². The van der Waals surface area contributed by atoms with Gasteiger partial charge in [0.25, 0.3) is 0 Å². The second-order valence-corrected chi connectivity index (χ2v) is 13.5. The molecule has 0 bridgehead atoms. The number of hydrogen-bond acceptors (Lipinski definition) is 9. The van der Waals surface area contributed by atoms with Gasteiger partial charge in [-0.3, -0.25) is 34.9 Å². The molecule has 5 aliphatic rings. The number of hydrazine groups is 1. The highest BCUT2D eigenvalue weighted by atomic mass is 35.5. The Kier molecular flexibility index (Phi) is 10.3. The molecule has 9 atom stereocenters. The summed E-state index contributed by atoms with van der Waals surface area (Å²) in [5.74, 6) is -1.63. The molecule has 0 radical (unpaired) electrons. The van der Waals surface area contributed by atoms with E-state index in [2.05, 4.69) is 31.2 Å². The second-order valence-electron chi connectivity index (χ2n) is 12.9. The first-order valence-electron chi connectivity index (χ1n) is 15.6. The molecule has 9 unspecified atom stereocenters. The summed E-state index contributed by atoms with van der Waals surface area (Å²) in [5.41, 5.74) is 3.18. The third kappa shape index (κ3) is 7.15. The highest BCUT2D eigenvalue weighted by Gasteiger charge is 2.52. The Balaban J connectivity index is 1.26. The Morgan fingerprint density at radius 2 is 1.84 bits per heavy atom. The fraction of sp³-hybridized carbons (Fsp3) is 0.893. The maximum Gasteiger partial charge on any atom is 0.391 e. The first-order valence-corrected chi connectivity index (χ1v) is 16.1. The number of halogens is 4. The van der Waals surface area contributed by atoms with Gasteiger partial charge in [-0.2, -0.15) is 13.2 Å². The molecular formula is C28H46ClF3N8O3. The summed E-state index contributed by atoms with van der Waals surface area (Å²) < 4.78 is 39.7. The van der Waals surface area contributed by atoms with Gasteiger partial charge in [0, 0.05) is 71.0 Å². The van der Waals surface area contributed by atoms with E-state index in [1.807, 2.05) is 30.8 Å². The Labute approximate surface area is 256 Å². The maximum absolute atomic E-state index is 14.0. The zero-order chi connectivity index (χ0) is 31.1. The molecule has 4 saturated heterocycles. The van der Waals surface area contributed by atoms with Crippen molar-refractivity contribution in [1.29, 1.82) is 0 Å². The van der Waals surface area contributed by atoms with E-state index in [4.69, 9.17) is 11.6 Å². The molecule has 4 aliphatic heterocycles. The zero-order valence-corrected chi connectivity index (χ0v) is 26.0. The van der Waals surface area contributed by atoms with E-state index in [-0.39, 0.29) is 61.4 Å². The average molecular weight is 635 g/mol. The molecule has 5 fully saturated rings. The van der Waals surface area contributed by atoms with Crippen LogP contribution >= 0.6 is 11.6 Å². The minimum absolute atomic E-state index is 0.00564. The van der Waals surface area contributed by atoms with Crippen LogP contribution < -0.4 is 21.4 Å². The first kappa shape index (κ1) is 32.8. The summed E-state index contributed by atoms with van der Waals surface area (Å²) in [6.45, 7) is 8.12. The quantitative estimate of drug-likeness (QED) is 0.299. The van der Waals surface area contributed by atoms with Crippen LogP contribution in [0.4, 0.5) is 13.2 Å². The minimum atomic E-state index is -4.29. The van der Waals surface area contributed by atoms with Gasteiger partial charge in [-0.1, -0.05) is 6.92 Å². The fourth-order valence-corrected chi connectivity index (χ4v) is 8.03. The van der Waals surface area contributed by atoms with Crippen molar-refractivity contribution in [3.05, 3.63) is 0 Å². The molecule has 5 rings (SSSR count). The number of nitrogens with zero attached hydrogens (tertiary/aromatic N) is 4. The van der Waals surface area contributed by atoms with Gasteiger partial charge in [-0.15, -0.1) is 11.6 Å². The number of ketones is 1. The first-order chi connectivity index (χ1) is 20.4. The normalized spacial score (nSPS) is 38.6. The third-order valence-corrected chi connectivity index (χ3v) is 10.4. The number of piperazine rings is 2. The van der Waals surface area contributed by atoms with Crippen molar-refractivity contribution in [3.63, 3.8) is 0 Å². The summed E-state index contributed by atoms with van der Waals surface area (Å²) in [7, 11) is 1.92. The number of carbonyl (C=O) groups excluding carboxylic acids is 3. The summed E-state index contributed by atoms with van der Waals surface area (Å²) in [4.78, 5) is 46.6. The van der Waals surface area contributed by atoms with Gasteiger partial charge >= 0.3 is 6.18 Å². The number of rotatable bonds is 6. The Hall–Kier alpha value is -1.55. The SMILES string of the molecule is CCC1C(N2CCN(C(=O)C3CNN(C)C3)CC2)C(=O)C2NCC(C)NC2N1CC(=O)NC1CCC(C(F)(F)F)CC1Cl. The van der Waals surface area contributed by atoms with Crippen molar-refractivity contribution in [2.75, 3.05) is 59.4 Å². The van der Waals surface area contributed by atoms with Crippen LogP contribution in [-0.4, -0.2) is 145 Å². The van der Waals surface area contributed by atoms with Gasteiger partial charge in [0.05, 0.1) is 42.0 Å². The van der Waals surface area contributed by atoms with Crippen LogP contribution in [0.1, 0.15) is 39.5 Å². The number of carbonyl (C=O) groups is 3. The monoisotopic (exact) mass is 634 g/mol. The summed E-state index contributed by atoms with van der Waals surface area (Å²) in [6.07, 6.45) is -4.18. The average Bonchev–Trinajstić information content (AvgIpc) is 3.40. The smallest absolute Gasteiger partial charge is 0.351 e. The van der Waals surface area contributed by atoms with Crippen LogP contribution in [0.2, 0.25) is 0 Å². The van der Waals surface area contributed by atoms with E-state index in [0.29, 0.717) is 52.2 Å². The predicted molar refractivity (Wildman–Crippen MR) is 155 cm³/mol. The molecule has 4 heterocycles. The third-order valence-electron chi connectivity index (χ3n) is 9.96. The standard InChI is InChI=1S/C28H46ClF3N8O3/c1-4-21-24(38-7-9-39(10-8-38)27(43)17-13-34-37(3)14-17)25(42)23-26(35-16(2)12-33-23)40(21)15-22(41)36-20-6-5-18(11-19(20)29)28(30,31)32/h16-21,23-24,26,33-35H,4-15H2,1-3H3,(H,36,41). The number of nitrogens with one attached hydrogen (secondary N) is 4. The van der Waals surface area contributed by atoms with E-state index in [1.165, 1.54) is 0 Å². The molecule has 4 N–H and O–H groups in total. The van der Waals surface area contributed by atoms with E-state index in [9.17, 15) is 27.6 Å². The van der Waals surface area contributed by atoms with Crippen molar-refractivity contribution < 1.29 is 27.6 Å². The number of amides is 2. The zero-order valence-electron chi connectivity index (χ0n) is 25.2. The number of fused-ring (bicyclic) bond motifs is 1. The van der Waals surface area contributed by atoms with Crippen molar-refractivity contribution in [2.45, 2.75) is 87.5 Å². The summed E-state index contributed by atoms with van der Waals surface area (Å²) in [5, 5.41) is 11.0. The maximum atomic E-state index is 14.0. The lowest BCUT2D eigenvalue weighted by atomic mass is 9.84. The molecule has 1 saturated carbocycles. The second kappa shape index (κ2) is 13.4. The van der Waals surface area contributed by atoms with Crippen molar-refractivity contribution in [1.82, 2.24) is 41.1 Å². The number of hydrogen-bond donors (Lipinski definition) is 4. The number of likely N-dealkylation sites (tertiary alicyclic amines) is 1. The predicted octanol–water partition coefficient (Wildman–Crippen LogP) is -0.0407. The number of Topliss-reactive ketones (excluding diaryl/α,β-unsaturated/α-hetero) is 1. The van der Waals surface area contributed by atoms with Gasteiger partial charge in [0.15, 0.2) is 5.78 Å². The van der Waals surface area contributed by atoms with Crippen LogP contribution in [0.5, 0.6) is 0 Å². The van der Waals surface area contributed by atoms with E-state index < -0.39 is 41.8 Å². The Bertz CT molecular complexity index is 1030. The van der Waals surface area contributed by atoms with E-state index in [0.717, 1.165) is 0 Å². The summed E-state index contributed by atoms with van der Waals surface area (Å²) >= 11 is 6.35. The lowest BCUT2D eigenvalue weighted by molar-refractivity contribution is -0.182. The van der Waals surface area contributed by atoms with E-state index >= 15 is 0 Å². The van der Waals surface area contributed by atoms with Crippen molar-refractivity contribution in [2.24, 2.45) is 11.8 Å². The van der Waals surface area contributed by atoms with E-state index in [1.54, 1.807) is 0 Å². The molecule has 2 amide bonds. The molecule has 43 heavy (non-hydrogen) atoms. The summed E-state index contributed by atoms with van der Waals surface area (Å²) in [6, 6.07) is -1.69. The molecular weight excluding hydrogens is 589 g/mol. The fourth-order valence-electron chi connectivity index (χ4n) is 7.63. The number of piperidine rings is 1. The highest BCUT2D eigenvalue weighted by Crippen LogP contribution is 2.39. The minimum Gasteiger partial charge on any atom is -0.351 e. The van der Waals surface area contributed by atoms with Crippen LogP contribution in [-0.2, 0) is 14.4 Å². The van der Waals surface area contributed by atoms with Gasteiger partial charge in [-0.25, -0.2) is 5.01 Å². The Morgan fingerprint density at radius 3 is 2.44 bits per heavy atom. The Morgan fingerprint density at radius 1 is 1.12 bits per heavy atom. The molecule has 0 aromatic heterocycles. The van der Waals surface area contributed by atoms with Crippen LogP contribution in [0, 0.1) is 11.8 Å². The highest BCUT2D eigenvalue weighted by molar-refractivity contribution is 6.21. The van der Waals surface area contributed by atoms with Gasteiger partial charge in [-0.05, 0) is 32.6 Å².